The number of hydrogen-bond acceptors (Lipinski definition) is 2. The SMILES string of the molecule is COc1cccc(NC(=O)NC(C)c2cccc(Cl)c2)c1. The third-order valence-electron chi connectivity index (χ3n) is 3.02. The summed E-state index contributed by atoms with van der Waals surface area (Å²) in [5.74, 6) is 0.690. The predicted molar refractivity (Wildman–Crippen MR) is 85.0 cm³/mol. The smallest absolute Gasteiger partial charge is 0.319 e. The Kier molecular flexibility index (Phi) is 5.06. The van der Waals surface area contributed by atoms with Crippen LogP contribution in [0.2, 0.25) is 5.02 Å². The second kappa shape index (κ2) is 6.99. The van der Waals surface area contributed by atoms with Crippen LogP contribution in [0.25, 0.3) is 0 Å². The highest BCUT2D eigenvalue weighted by atomic mass is 35.5. The van der Waals surface area contributed by atoms with E-state index in [1.165, 1.54) is 0 Å². The number of hydrogen-bond donors (Lipinski definition) is 2. The number of urea groups is 1. The summed E-state index contributed by atoms with van der Waals surface area (Å²) in [5, 5.41) is 6.28. The van der Waals surface area contributed by atoms with Gasteiger partial charge in [0.05, 0.1) is 13.2 Å². The molecule has 1 atom stereocenters. The molecule has 2 rings (SSSR count). The van der Waals surface area contributed by atoms with E-state index < -0.39 is 0 Å². The van der Waals surface area contributed by atoms with Gasteiger partial charge in [-0.25, -0.2) is 4.79 Å². The van der Waals surface area contributed by atoms with E-state index in [-0.39, 0.29) is 12.1 Å². The van der Waals surface area contributed by atoms with Crippen molar-refractivity contribution < 1.29 is 9.53 Å². The first-order valence-electron chi connectivity index (χ1n) is 6.55. The second-order valence-corrected chi connectivity index (χ2v) is 5.04. The van der Waals surface area contributed by atoms with Crippen molar-refractivity contribution in [1.29, 1.82) is 0 Å². The zero-order valence-corrected chi connectivity index (χ0v) is 12.6. The molecule has 110 valence electrons. The first-order valence-corrected chi connectivity index (χ1v) is 6.93. The van der Waals surface area contributed by atoms with Crippen LogP contribution in [0.5, 0.6) is 5.75 Å². The summed E-state index contributed by atoms with van der Waals surface area (Å²) in [7, 11) is 1.58. The highest BCUT2D eigenvalue weighted by Gasteiger charge is 2.10. The van der Waals surface area contributed by atoms with Gasteiger partial charge in [-0.05, 0) is 36.8 Å². The molecule has 0 aromatic heterocycles. The van der Waals surface area contributed by atoms with Crippen molar-refractivity contribution in [3.8, 4) is 5.75 Å². The Morgan fingerprint density at radius 3 is 2.67 bits per heavy atom. The van der Waals surface area contributed by atoms with Gasteiger partial charge in [0.15, 0.2) is 0 Å². The number of amides is 2. The average Bonchev–Trinajstić information content (AvgIpc) is 2.47. The first kappa shape index (κ1) is 15.2. The zero-order valence-electron chi connectivity index (χ0n) is 11.9. The molecule has 4 nitrogen and oxygen atoms in total. The number of carbonyl (C=O) groups excluding carboxylic acids is 1. The van der Waals surface area contributed by atoms with E-state index in [9.17, 15) is 4.79 Å². The Morgan fingerprint density at radius 2 is 1.95 bits per heavy atom. The molecule has 1 unspecified atom stereocenters. The molecule has 2 aromatic rings. The topological polar surface area (TPSA) is 50.4 Å². The quantitative estimate of drug-likeness (QED) is 0.888. The molecule has 0 aliphatic heterocycles. The van der Waals surface area contributed by atoms with Gasteiger partial charge in [-0.3, -0.25) is 0 Å². The van der Waals surface area contributed by atoms with Crippen LogP contribution in [0, 0.1) is 0 Å². The van der Waals surface area contributed by atoms with Gasteiger partial charge in [-0.15, -0.1) is 0 Å². The minimum Gasteiger partial charge on any atom is -0.497 e. The molecule has 5 heteroatoms. The highest BCUT2D eigenvalue weighted by molar-refractivity contribution is 6.30. The van der Waals surface area contributed by atoms with Crippen LogP contribution >= 0.6 is 11.6 Å². The third-order valence-corrected chi connectivity index (χ3v) is 3.26. The maximum Gasteiger partial charge on any atom is 0.319 e. The number of halogens is 1. The molecule has 0 saturated heterocycles. The highest BCUT2D eigenvalue weighted by Crippen LogP contribution is 2.19. The number of nitrogens with one attached hydrogen (secondary N) is 2. The van der Waals surface area contributed by atoms with Crippen molar-refractivity contribution in [1.82, 2.24) is 5.32 Å². The molecule has 2 amide bonds. The lowest BCUT2D eigenvalue weighted by Gasteiger charge is -2.15. The molecule has 2 aromatic carbocycles. The van der Waals surface area contributed by atoms with Gasteiger partial charge in [0.1, 0.15) is 5.75 Å². The molecule has 0 bridgehead atoms. The van der Waals surface area contributed by atoms with Crippen LogP contribution in [0.1, 0.15) is 18.5 Å². The zero-order chi connectivity index (χ0) is 15.2. The molecular formula is C16H17ClN2O2. The van der Waals surface area contributed by atoms with E-state index in [2.05, 4.69) is 10.6 Å². The summed E-state index contributed by atoms with van der Waals surface area (Å²) in [5.41, 5.74) is 1.62. The summed E-state index contributed by atoms with van der Waals surface area (Å²) in [6.45, 7) is 1.90. The lowest BCUT2D eigenvalue weighted by atomic mass is 10.1. The van der Waals surface area contributed by atoms with Gasteiger partial charge in [-0.2, -0.15) is 0 Å². The molecule has 0 aliphatic rings. The molecule has 21 heavy (non-hydrogen) atoms. The first-order chi connectivity index (χ1) is 10.1. The Labute approximate surface area is 129 Å². The average molecular weight is 305 g/mol. The number of rotatable bonds is 4. The van der Waals surface area contributed by atoms with Crippen LogP contribution in [-0.2, 0) is 0 Å². The molecule has 0 radical (unpaired) electrons. The van der Waals surface area contributed by atoms with Crippen LogP contribution in [-0.4, -0.2) is 13.1 Å². The van der Waals surface area contributed by atoms with Gasteiger partial charge in [0.2, 0.25) is 0 Å². The van der Waals surface area contributed by atoms with Gasteiger partial charge in [0, 0.05) is 16.8 Å². The maximum absolute atomic E-state index is 12.0. The lowest BCUT2D eigenvalue weighted by molar-refractivity contribution is 0.249. The van der Waals surface area contributed by atoms with Crippen LogP contribution in [0.4, 0.5) is 10.5 Å². The molecule has 0 aliphatic carbocycles. The summed E-state index contributed by atoms with van der Waals surface area (Å²) >= 11 is 5.95. The standard InChI is InChI=1S/C16H17ClN2O2/c1-11(12-5-3-6-13(17)9-12)18-16(20)19-14-7-4-8-15(10-14)21-2/h3-11H,1-2H3,(H2,18,19,20). The van der Waals surface area contributed by atoms with Gasteiger partial charge < -0.3 is 15.4 Å². The van der Waals surface area contributed by atoms with Crippen molar-refractivity contribution in [3.05, 3.63) is 59.1 Å². The van der Waals surface area contributed by atoms with Crippen molar-refractivity contribution in [3.63, 3.8) is 0 Å². The summed E-state index contributed by atoms with van der Waals surface area (Å²) in [6, 6.07) is 14.2. The molecule has 0 fully saturated rings. The summed E-state index contributed by atoms with van der Waals surface area (Å²) in [4.78, 5) is 12.0. The van der Waals surface area contributed by atoms with E-state index in [1.807, 2.05) is 37.3 Å². The lowest BCUT2D eigenvalue weighted by Crippen LogP contribution is -2.31. The van der Waals surface area contributed by atoms with E-state index in [4.69, 9.17) is 16.3 Å². The third kappa shape index (κ3) is 4.39. The predicted octanol–water partition coefficient (Wildman–Crippen LogP) is 4.23. The van der Waals surface area contributed by atoms with E-state index in [1.54, 1.807) is 25.3 Å². The molecule has 0 heterocycles. The molecular weight excluding hydrogens is 288 g/mol. The van der Waals surface area contributed by atoms with E-state index in [0.29, 0.717) is 16.5 Å². The summed E-state index contributed by atoms with van der Waals surface area (Å²) in [6.07, 6.45) is 0. The van der Waals surface area contributed by atoms with Crippen molar-refractivity contribution in [2.45, 2.75) is 13.0 Å². The Hall–Kier alpha value is -2.20. The van der Waals surface area contributed by atoms with E-state index >= 15 is 0 Å². The monoisotopic (exact) mass is 304 g/mol. The van der Waals surface area contributed by atoms with Crippen molar-refractivity contribution in [2.24, 2.45) is 0 Å². The fourth-order valence-corrected chi connectivity index (χ4v) is 2.12. The number of ether oxygens (including phenoxy) is 1. The Balaban J connectivity index is 1.97. The Bertz CT molecular complexity index is 631. The second-order valence-electron chi connectivity index (χ2n) is 4.61. The van der Waals surface area contributed by atoms with Crippen molar-refractivity contribution >= 4 is 23.3 Å². The van der Waals surface area contributed by atoms with Crippen LogP contribution in [0.3, 0.4) is 0 Å². The fraction of sp³-hybridized carbons (Fsp3) is 0.188. The largest absolute Gasteiger partial charge is 0.497 e. The van der Waals surface area contributed by atoms with Crippen molar-refractivity contribution in [2.75, 3.05) is 12.4 Å². The fourth-order valence-electron chi connectivity index (χ4n) is 1.92. The maximum atomic E-state index is 12.0. The normalized spacial score (nSPS) is 11.6. The van der Waals surface area contributed by atoms with E-state index in [0.717, 1.165) is 5.56 Å². The number of anilines is 1. The molecule has 0 saturated carbocycles. The number of carbonyl (C=O) groups is 1. The molecule has 0 spiro atoms. The van der Waals surface area contributed by atoms with Gasteiger partial charge in [-0.1, -0.05) is 29.8 Å². The number of benzene rings is 2. The Morgan fingerprint density at radius 1 is 1.19 bits per heavy atom. The van der Waals surface area contributed by atoms with Crippen LogP contribution in [0.15, 0.2) is 48.5 Å². The summed E-state index contributed by atoms with van der Waals surface area (Å²) < 4.78 is 5.11. The minimum atomic E-state index is -0.282. The number of methoxy groups -OCH3 is 1. The van der Waals surface area contributed by atoms with Gasteiger partial charge in [0.25, 0.3) is 0 Å². The minimum absolute atomic E-state index is 0.144. The van der Waals surface area contributed by atoms with Gasteiger partial charge >= 0.3 is 6.03 Å². The molecule has 2 N–H and O–H groups in total. The van der Waals surface area contributed by atoms with Crippen LogP contribution < -0.4 is 15.4 Å².